The van der Waals surface area contributed by atoms with Crippen LogP contribution in [-0.4, -0.2) is 17.2 Å². The zero-order valence-corrected chi connectivity index (χ0v) is 13.5. The number of amides is 1. The lowest BCUT2D eigenvalue weighted by Gasteiger charge is -2.05. The third kappa shape index (κ3) is 3.78. The van der Waals surface area contributed by atoms with Crippen LogP contribution in [0.25, 0.3) is 0 Å². The molecule has 0 saturated carbocycles. The summed E-state index contributed by atoms with van der Waals surface area (Å²) in [4.78, 5) is 12.0. The van der Waals surface area contributed by atoms with E-state index in [1.807, 2.05) is 0 Å². The van der Waals surface area contributed by atoms with Gasteiger partial charge in [-0.25, -0.2) is 5.43 Å². The average molecular weight is 337 g/mol. The highest BCUT2D eigenvalue weighted by atomic mass is 35.5. The third-order valence-electron chi connectivity index (χ3n) is 3.07. The van der Waals surface area contributed by atoms with E-state index in [0.717, 1.165) is 16.7 Å². The van der Waals surface area contributed by atoms with Crippen molar-refractivity contribution in [1.29, 1.82) is 0 Å². The number of benzene rings is 2. The quantitative estimate of drug-likeness (QED) is 0.655. The van der Waals surface area contributed by atoms with E-state index in [4.69, 9.17) is 23.2 Å². The van der Waals surface area contributed by atoms with Gasteiger partial charge >= 0.3 is 0 Å². The van der Waals surface area contributed by atoms with Crippen LogP contribution in [0.2, 0.25) is 10.0 Å². The number of hydrazone groups is 1. The van der Waals surface area contributed by atoms with E-state index < -0.39 is 5.91 Å². The van der Waals surface area contributed by atoms with Gasteiger partial charge in [0.05, 0.1) is 16.8 Å². The monoisotopic (exact) mass is 336 g/mol. The van der Waals surface area contributed by atoms with E-state index in [1.165, 1.54) is 18.3 Å². The van der Waals surface area contributed by atoms with Crippen LogP contribution in [0.4, 0.5) is 0 Å². The van der Waals surface area contributed by atoms with Gasteiger partial charge in [-0.1, -0.05) is 23.2 Å². The Morgan fingerprint density at radius 3 is 2.41 bits per heavy atom. The molecule has 2 N–H and O–H groups in total. The Bertz CT molecular complexity index is 735. The zero-order valence-electron chi connectivity index (χ0n) is 12.0. The summed E-state index contributed by atoms with van der Waals surface area (Å²) < 4.78 is 0. The highest BCUT2D eigenvalue weighted by Crippen LogP contribution is 2.22. The molecule has 0 bridgehead atoms. The van der Waals surface area contributed by atoms with Crippen LogP contribution in [0.1, 0.15) is 27.0 Å². The minimum Gasteiger partial charge on any atom is -0.507 e. The molecule has 114 valence electrons. The van der Waals surface area contributed by atoms with Crippen molar-refractivity contribution in [3.05, 3.63) is 62.6 Å². The summed E-state index contributed by atoms with van der Waals surface area (Å²) in [5.41, 5.74) is 4.96. The maximum absolute atomic E-state index is 12.0. The molecule has 6 heteroatoms. The van der Waals surface area contributed by atoms with Crippen molar-refractivity contribution in [3.8, 4) is 5.75 Å². The Hall–Kier alpha value is -2.04. The SMILES string of the molecule is Cc1cc(C=NNC(=O)c2ccc(Cl)cc2Cl)cc(C)c1O. The highest BCUT2D eigenvalue weighted by Gasteiger charge is 2.09. The predicted octanol–water partition coefficient (Wildman–Crippen LogP) is 4.08. The lowest BCUT2D eigenvalue weighted by Crippen LogP contribution is -2.18. The van der Waals surface area contributed by atoms with Gasteiger partial charge < -0.3 is 5.11 Å². The number of nitrogens with one attached hydrogen (secondary N) is 1. The fourth-order valence-corrected chi connectivity index (χ4v) is 2.46. The van der Waals surface area contributed by atoms with Crippen molar-refractivity contribution in [2.24, 2.45) is 5.10 Å². The van der Waals surface area contributed by atoms with Gasteiger partial charge in [-0.05, 0) is 60.9 Å². The third-order valence-corrected chi connectivity index (χ3v) is 3.62. The van der Waals surface area contributed by atoms with E-state index in [9.17, 15) is 9.90 Å². The summed E-state index contributed by atoms with van der Waals surface area (Å²) >= 11 is 11.7. The standard InChI is InChI=1S/C16H14Cl2N2O2/c1-9-5-11(6-10(2)15(9)21)8-19-20-16(22)13-4-3-12(17)7-14(13)18/h3-8,21H,1-2H3,(H,20,22). The molecular formula is C16H14Cl2N2O2. The van der Waals surface area contributed by atoms with Crippen molar-refractivity contribution in [2.45, 2.75) is 13.8 Å². The van der Waals surface area contributed by atoms with Crippen molar-refractivity contribution in [3.63, 3.8) is 0 Å². The number of carbonyl (C=O) groups excluding carboxylic acids is 1. The lowest BCUT2D eigenvalue weighted by molar-refractivity contribution is 0.0955. The lowest BCUT2D eigenvalue weighted by atomic mass is 10.1. The fraction of sp³-hybridized carbons (Fsp3) is 0.125. The molecule has 4 nitrogen and oxygen atoms in total. The highest BCUT2D eigenvalue weighted by molar-refractivity contribution is 6.36. The molecule has 22 heavy (non-hydrogen) atoms. The summed E-state index contributed by atoms with van der Waals surface area (Å²) in [5, 5.41) is 14.3. The number of rotatable bonds is 3. The van der Waals surface area contributed by atoms with Gasteiger partial charge in [0.1, 0.15) is 5.75 Å². The number of phenols is 1. The molecule has 0 spiro atoms. The second kappa shape index (κ2) is 6.81. The molecule has 0 atom stereocenters. The molecule has 0 aliphatic rings. The Labute approximate surface area is 138 Å². The average Bonchev–Trinajstić information content (AvgIpc) is 2.44. The Morgan fingerprint density at radius 2 is 1.82 bits per heavy atom. The Morgan fingerprint density at radius 1 is 1.18 bits per heavy atom. The van der Waals surface area contributed by atoms with E-state index >= 15 is 0 Å². The predicted molar refractivity (Wildman–Crippen MR) is 89.1 cm³/mol. The maximum Gasteiger partial charge on any atom is 0.272 e. The number of nitrogens with zero attached hydrogens (tertiary/aromatic N) is 1. The zero-order chi connectivity index (χ0) is 16.3. The number of aryl methyl sites for hydroxylation is 2. The van der Waals surface area contributed by atoms with Crippen LogP contribution in [0.15, 0.2) is 35.4 Å². The molecule has 2 aromatic rings. The molecule has 0 radical (unpaired) electrons. The molecule has 0 aliphatic carbocycles. The number of phenolic OH excluding ortho intramolecular Hbond substituents is 1. The first-order valence-electron chi connectivity index (χ1n) is 6.47. The number of aromatic hydroxyl groups is 1. The van der Waals surface area contributed by atoms with Gasteiger partial charge in [0, 0.05) is 5.02 Å². The number of carbonyl (C=O) groups is 1. The van der Waals surface area contributed by atoms with E-state index in [-0.39, 0.29) is 10.8 Å². The largest absolute Gasteiger partial charge is 0.507 e. The molecule has 0 unspecified atom stereocenters. The van der Waals surface area contributed by atoms with Crippen LogP contribution in [0, 0.1) is 13.8 Å². The van der Waals surface area contributed by atoms with Crippen molar-refractivity contribution in [2.75, 3.05) is 0 Å². The van der Waals surface area contributed by atoms with Crippen LogP contribution < -0.4 is 5.43 Å². The van der Waals surface area contributed by atoms with Gasteiger partial charge in [-0.3, -0.25) is 4.79 Å². The molecule has 0 saturated heterocycles. The summed E-state index contributed by atoms with van der Waals surface area (Å²) in [6.07, 6.45) is 1.50. The molecule has 2 aromatic carbocycles. The van der Waals surface area contributed by atoms with Crippen LogP contribution in [0.3, 0.4) is 0 Å². The minimum atomic E-state index is -0.426. The van der Waals surface area contributed by atoms with Crippen LogP contribution in [-0.2, 0) is 0 Å². The molecular weight excluding hydrogens is 323 g/mol. The molecule has 2 rings (SSSR count). The van der Waals surface area contributed by atoms with Crippen LogP contribution >= 0.6 is 23.2 Å². The number of hydrogen-bond acceptors (Lipinski definition) is 3. The van der Waals surface area contributed by atoms with Gasteiger partial charge in [-0.15, -0.1) is 0 Å². The van der Waals surface area contributed by atoms with Crippen molar-refractivity contribution in [1.82, 2.24) is 5.43 Å². The molecule has 0 aliphatic heterocycles. The van der Waals surface area contributed by atoms with E-state index in [2.05, 4.69) is 10.5 Å². The smallest absolute Gasteiger partial charge is 0.272 e. The summed E-state index contributed by atoms with van der Waals surface area (Å²) in [6.45, 7) is 3.59. The van der Waals surface area contributed by atoms with Gasteiger partial charge in [0.15, 0.2) is 0 Å². The number of hydrogen-bond donors (Lipinski definition) is 2. The van der Waals surface area contributed by atoms with Crippen molar-refractivity contribution >= 4 is 35.3 Å². The van der Waals surface area contributed by atoms with Gasteiger partial charge in [-0.2, -0.15) is 5.10 Å². The summed E-state index contributed by atoms with van der Waals surface area (Å²) in [7, 11) is 0. The summed E-state index contributed by atoms with van der Waals surface area (Å²) in [5.74, 6) is -0.167. The Kier molecular flexibility index (Phi) is 5.06. The summed E-state index contributed by atoms with van der Waals surface area (Å²) in [6, 6.07) is 8.15. The maximum atomic E-state index is 12.0. The minimum absolute atomic E-state index is 0.258. The molecule has 0 aromatic heterocycles. The van der Waals surface area contributed by atoms with E-state index in [0.29, 0.717) is 10.6 Å². The van der Waals surface area contributed by atoms with Gasteiger partial charge in [0.2, 0.25) is 0 Å². The molecule has 0 heterocycles. The fourth-order valence-electron chi connectivity index (χ4n) is 1.96. The second-order valence-electron chi connectivity index (χ2n) is 4.83. The molecule has 0 fully saturated rings. The van der Waals surface area contributed by atoms with Gasteiger partial charge in [0.25, 0.3) is 5.91 Å². The van der Waals surface area contributed by atoms with Crippen molar-refractivity contribution < 1.29 is 9.90 Å². The first-order valence-corrected chi connectivity index (χ1v) is 7.22. The normalized spacial score (nSPS) is 10.9. The number of halogens is 2. The topological polar surface area (TPSA) is 61.7 Å². The Balaban J connectivity index is 2.10. The van der Waals surface area contributed by atoms with Crippen LogP contribution in [0.5, 0.6) is 5.75 Å². The first kappa shape index (κ1) is 16.3. The first-order chi connectivity index (χ1) is 10.4. The molecule has 1 amide bonds. The second-order valence-corrected chi connectivity index (χ2v) is 5.67. The van der Waals surface area contributed by atoms with E-state index in [1.54, 1.807) is 32.0 Å².